The number of hydrogen-bond donors (Lipinski definition) is 0. The van der Waals surface area contributed by atoms with Gasteiger partial charge in [-0.15, -0.1) is 0 Å². The van der Waals surface area contributed by atoms with E-state index in [9.17, 15) is 9.18 Å². The summed E-state index contributed by atoms with van der Waals surface area (Å²) in [6, 6.07) is 8.99. The summed E-state index contributed by atoms with van der Waals surface area (Å²) in [5, 5.41) is 0.424. The smallest absolute Gasteiger partial charge is 0.194 e. The fraction of sp³-hybridized carbons (Fsp3) is 0.133. The lowest BCUT2D eigenvalue weighted by molar-refractivity contribution is 0.103. The van der Waals surface area contributed by atoms with Crippen LogP contribution in [0.4, 0.5) is 4.39 Å². The zero-order valence-electron chi connectivity index (χ0n) is 10.1. The summed E-state index contributed by atoms with van der Waals surface area (Å²) in [7, 11) is 0. The summed E-state index contributed by atoms with van der Waals surface area (Å²) in [5.74, 6) is -0.555. The van der Waals surface area contributed by atoms with Crippen LogP contribution in [0.25, 0.3) is 0 Å². The highest BCUT2D eigenvalue weighted by atomic mass is 35.5. The molecule has 0 bridgehead atoms. The number of carbonyl (C=O) groups excluding carboxylic acids is 1. The standard InChI is InChI=1S/C15H12ClFO/c1-9-7-13(14(16)8-10(9)2)15(18)11-3-5-12(17)6-4-11/h3-8H,1-2H3. The first-order valence-electron chi connectivity index (χ1n) is 5.56. The molecule has 0 fully saturated rings. The number of hydrogen-bond acceptors (Lipinski definition) is 1. The minimum absolute atomic E-state index is 0.192. The van der Waals surface area contributed by atoms with Crippen molar-refractivity contribution in [2.45, 2.75) is 13.8 Å². The summed E-state index contributed by atoms with van der Waals surface area (Å²) in [6.45, 7) is 3.86. The van der Waals surface area contributed by atoms with Crippen LogP contribution in [-0.4, -0.2) is 5.78 Å². The van der Waals surface area contributed by atoms with Gasteiger partial charge in [-0.2, -0.15) is 0 Å². The van der Waals surface area contributed by atoms with Crippen LogP contribution in [0.5, 0.6) is 0 Å². The number of rotatable bonds is 2. The molecule has 0 aliphatic rings. The fourth-order valence-electron chi connectivity index (χ4n) is 1.71. The Bertz CT molecular complexity index is 603. The quantitative estimate of drug-likeness (QED) is 0.737. The fourth-order valence-corrected chi connectivity index (χ4v) is 2.02. The van der Waals surface area contributed by atoms with Gasteiger partial charge in [-0.3, -0.25) is 4.79 Å². The number of halogens is 2. The van der Waals surface area contributed by atoms with Crippen molar-refractivity contribution in [2.75, 3.05) is 0 Å². The summed E-state index contributed by atoms with van der Waals surface area (Å²) in [6.07, 6.45) is 0. The highest BCUT2D eigenvalue weighted by Gasteiger charge is 2.14. The molecule has 1 nitrogen and oxygen atoms in total. The van der Waals surface area contributed by atoms with E-state index in [0.717, 1.165) is 11.1 Å². The molecule has 92 valence electrons. The second-order valence-corrected chi connectivity index (χ2v) is 4.66. The van der Waals surface area contributed by atoms with Crippen LogP contribution in [0.15, 0.2) is 36.4 Å². The van der Waals surface area contributed by atoms with Gasteiger partial charge in [0.15, 0.2) is 5.78 Å². The van der Waals surface area contributed by atoms with E-state index in [0.29, 0.717) is 16.1 Å². The second-order valence-electron chi connectivity index (χ2n) is 4.25. The van der Waals surface area contributed by atoms with Gasteiger partial charge >= 0.3 is 0 Å². The molecule has 0 heterocycles. The van der Waals surface area contributed by atoms with E-state index in [1.54, 1.807) is 12.1 Å². The normalized spacial score (nSPS) is 10.4. The lowest BCUT2D eigenvalue weighted by atomic mass is 9.99. The molecular formula is C15H12ClFO. The third-order valence-electron chi connectivity index (χ3n) is 2.93. The maximum Gasteiger partial charge on any atom is 0.194 e. The summed E-state index contributed by atoms with van der Waals surface area (Å²) < 4.78 is 12.8. The molecule has 0 spiro atoms. The van der Waals surface area contributed by atoms with E-state index < -0.39 is 0 Å². The lowest BCUT2D eigenvalue weighted by Crippen LogP contribution is -2.03. The lowest BCUT2D eigenvalue weighted by Gasteiger charge is -2.07. The van der Waals surface area contributed by atoms with Gasteiger partial charge < -0.3 is 0 Å². The number of benzene rings is 2. The number of carbonyl (C=O) groups is 1. The minimum atomic E-state index is -0.363. The Morgan fingerprint density at radius 3 is 2.22 bits per heavy atom. The van der Waals surface area contributed by atoms with Crippen LogP contribution in [0.3, 0.4) is 0 Å². The van der Waals surface area contributed by atoms with Crippen LogP contribution < -0.4 is 0 Å². The molecule has 0 N–H and O–H groups in total. The summed E-state index contributed by atoms with van der Waals surface area (Å²) in [5.41, 5.74) is 2.92. The Balaban J connectivity index is 2.46. The van der Waals surface area contributed by atoms with Crippen LogP contribution in [0.2, 0.25) is 5.02 Å². The van der Waals surface area contributed by atoms with Gasteiger partial charge in [-0.05, 0) is 61.4 Å². The van der Waals surface area contributed by atoms with Crippen LogP contribution in [0.1, 0.15) is 27.0 Å². The highest BCUT2D eigenvalue weighted by molar-refractivity contribution is 6.35. The second kappa shape index (κ2) is 4.91. The molecule has 0 aliphatic heterocycles. The summed E-state index contributed by atoms with van der Waals surface area (Å²) >= 11 is 6.08. The molecule has 0 amide bonds. The van der Waals surface area contributed by atoms with E-state index in [-0.39, 0.29) is 11.6 Å². The molecular weight excluding hydrogens is 251 g/mol. The van der Waals surface area contributed by atoms with Gasteiger partial charge in [0.1, 0.15) is 5.82 Å². The van der Waals surface area contributed by atoms with E-state index in [4.69, 9.17) is 11.6 Å². The Morgan fingerprint density at radius 1 is 1.06 bits per heavy atom. The first-order chi connectivity index (χ1) is 8.49. The van der Waals surface area contributed by atoms with Gasteiger partial charge in [0.05, 0.1) is 5.02 Å². The van der Waals surface area contributed by atoms with Crippen molar-refractivity contribution < 1.29 is 9.18 Å². The van der Waals surface area contributed by atoms with Crippen molar-refractivity contribution in [3.63, 3.8) is 0 Å². The van der Waals surface area contributed by atoms with E-state index in [2.05, 4.69) is 0 Å². The van der Waals surface area contributed by atoms with Crippen molar-refractivity contribution in [3.8, 4) is 0 Å². The molecule has 0 saturated heterocycles. The third-order valence-corrected chi connectivity index (χ3v) is 3.25. The van der Waals surface area contributed by atoms with Crippen LogP contribution >= 0.6 is 11.6 Å². The Morgan fingerprint density at radius 2 is 1.61 bits per heavy atom. The Labute approximate surface area is 110 Å². The molecule has 0 atom stereocenters. The third kappa shape index (κ3) is 2.44. The van der Waals surface area contributed by atoms with E-state index in [1.807, 2.05) is 13.8 Å². The topological polar surface area (TPSA) is 17.1 Å². The molecule has 2 rings (SSSR count). The number of aryl methyl sites for hydroxylation is 2. The predicted molar refractivity (Wildman–Crippen MR) is 70.8 cm³/mol. The van der Waals surface area contributed by atoms with Gasteiger partial charge in [0.25, 0.3) is 0 Å². The molecule has 18 heavy (non-hydrogen) atoms. The largest absolute Gasteiger partial charge is 0.289 e. The zero-order valence-corrected chi connectivity index (χ0v) is 10.9. The van der Waals surface area contributed by atoms with Crippen molar-refractivity contribution >= 4 is 17.4 Å². The summed E-state index contributed by atoms with van der Waals surface area (Å²) in [4.78, 5) is 12.2. The molecule has 0 aliphatic carbocycles. The molecule has 0 saturated carbocycles. The van der Waals surface area contributed by atoms with Gasteiger partial charge in [-0.25, -0.2) is 4.39 Å². The average molecular weight is 263 g/mol. The first kappa shape index (κ1) is 12.8. The van der Waals surface area contributed by atoms with Gasteiger partial charge in [0, 0.05) is 11.1 Å². The van der Waals surface area contributed by atoms with Crippen molar-refractivity contribution in [2.24, 2.45) is 0 Å². The molecule has 0 unspecified atom stereocenters. The zero-order chi connectivity index (χ0) is 13.3. The van der Waals surface area contributed by atoms with Crippen molar-refractivity contribution in [1.82, 2.24) is 0 Å². The van der Waals surface area contributed by atoms with Gasteiger partial charge in [0.2, 0.25) is 0 Å². The predicted octanol–water partition coefficient (Wildman–Crippen LogP) is 4.33. The Hall–Kier alpha value is -1.67. The number of ketones is 1. The van der Waals surface area contributed by atoms with Crippen LogP contribution in [-0.2, 0) is 0 Å². The molecule has 2 aromatic carbocycles. The van der Waals surface area contributed by atoms with Crippen molar-refractivity contribution in [1.29, 1.82) is 0 Å². The molecule has 3 heteroatoms. The highest BCUT2D eigenvalue weighted by Crippen LogP contribution is 2.23. The maximum atomic E-state index is 12.8. The van der Waals surface area contributed by atoms with Gasteiger partial charge in [-0.1, -0.05) is 11.6 Å². The van der Waals surface area contributed by atoms with Crippen LogP contribution in [0, 0.1) is 19.7 Å². The molecule has 0 radical (unpaired) electrons. The van der Waals surface area contributed by atoms with Crippen molar-refractivity contribution in [3.05, 3.63) is 69.5 Å². The SMILES string of the molecule is Cc1cc(Cl)c(C(=O)c2ccc(F)cc2)cc1C. The Kier molecular flexibility index (Phi) is 3.48. The monoisotopic (exact) mass is 262 g/mol. The molecule has 2 aromatic rings. The minimum Gasteiger partial charge on any atom is -0.289 e. The average Bonchev–Trinajstić information content (AvgIpc) is 2.34. The first-order valence-corrected chi connectivity index (χ1v) is 5.94. The van der Waals surface area contributed by atoms with E-state index >= 15 is 0 Å². The molecule has 0 aromatic heterocycles. The van der Waals surface area contributed by atoms with E-state index in [1.165, 1.54) is 24.3 Å². The maximum absolute atomic E-state index is 12.8.